The first-order valence-electron chi connectivity index (χ1n) is 10.7. The molecule has 0 bridgehead atoms. The van der Waals surface area contributed by atoms with E-state index >= 15 is 0 Å². The van der Waals surface area contributed by atoms with Crippen LogP contribution in [0.5, 0.6) is 0 Å². The van der Waals surface area contributed by atoms with Gasteiger partial charge in [-0.3, -0.25) is 0 Å². The molecule has 0 saturated heterocycles. The van der Waals surface area contributed by atoms with Gasteiger partial charge < -0.3 is 25.5 Å². The van der Waals surface area contributed by atoms with Crippen LogP contribution in [0.2, 0.25) is 0 Å². The molecule has 0 fully saturated rings. The summed E-state index contributed by atoms with van der Waals surface area (Å²) in [6.07, 6.45) is 0.878. The minimum absolute atomic E-state index is 0. The van der Waals surface area contributed by atoms with E-state index in [0.29, 0.717) is 12.0 Å². The standard InChI is InChI=1S/C6H14O.C5H12O2.C5H12O.C5H12.C3H8O.4CH4/c1-4-6(2,3)5-7;1-5(2,3-6)4-7;1-5(2,3)4-6;1-5(2,3)4;1-3(2)4;;;;/h7H,4-5H2,1-3H3;6-7H,3-4H2,1-2H3;6H,4H2,1-3H3;1-4H3;3-4H,1-2H3;4*1H4. The summed E-state index contributed by atoms with van der Waals surface area (Å²) in [6, 6.07) is 0. The SMILES string of the molecule is C.C.C.C.CC(C)(C)C.CC(C)(C)CO.CC(C)(CO)CO.CC(C)O.CCC(C)(C)CO. The van der Waals surface area contributed by atoms with Gasteiger partial charge in [-0.15, -0.1) is 0 Å². The minimum Gasteiger partial charge on any atom is -0.396 e. The van der Waals surface area contributed by atoms with Crippen molar-refractivity contribution in [1.29, 1.82) is 0 Å². The Kier molecular flexibility index (Phi) is 52.9. The molecule has 216 valence electrons. The van der Waals surface area contributed by atoms with Crippen molar-refractivity contribution in [3.05, 3.63) is 0 Å². The zero-order chi connectivity index (χ0) is 25.1. The van der Waals surface area contributed by atoms with Crippen LogP contribution in [-0.2, 0) is 0 Å². The van der Waals surface area contributed by atoms with Crippen LogP contribution >= 0.6 is 0 Å². The Morgan fingerprint density at radius 1 is 0.515 bits per heavy atom. The molecule has 5 heteroatoms. The van der Waals surface area contributed by atoms with Crippen LogP contribution in [-0.4, -0.2) is 58.1 Å². The summed E-state index contributed by atoms with van der Waals surface area (Å²) < 4.78 is 0. The van der Waals surface area contributed by atoms with E-state index in [1.807, 2.05) is 34.6 Å². The van der Waals surface area contributed by atoms with Crippen LogP contribution in [0.15, 0.2) is 0 Å². The zero-order valence-electron chi connectivity index (χ0n) is 22.3. The van der Waals surface area contributed by atoms with Crippen LogP contribution in [0, 0.1) is 21.7 Å². The molecule has 33 heavy (non-hydrogen) atoms. The number of aliphatic hydroxyl groups excluding tert-OH is 5. The lowest BCUT2D eigenvalue weighted by Crippen LogP contribution is -2.20. The summed E-state index contributed by atoms with van der Waals surface area (Å²) in [5, 5.41) is 41.9. The first-order chi connectivity index (χ1) is 12.5. The highest BCUT2D eigenvalue weighted by molar-refractivity contribution is 4.63. The number of aliphatic hydroxyl groups is 5. The van der Waals surface area contributed by atoms with Crippen molar-refractivity contribution < 1.29 is 25.5 Å². The first kappa shape index (κ1) is 58.6. The van der Waals surface area contributed by atoms with Gasteiger partial charge in [0.1, 0.15) is 0 Å². The normalized spacial score (nSPS) is 10.2. The summed E-state index contributed by atoms with van der Waals surface area (Å²) in [5.74, 6) is 0. The molecule has 5 nitrogen and oxygen atoms in total. The molecule has 0 aliphatic rings. The Morgan fingerprint density at radius 3 is 0.667 bits per heavy atom. The van der Waals surface area contributed by atoms with Gasteiger partial charge in [-0.1, -0.05) is 113 Å². The van der Waals surface area contributed by atoms with Crippen molar-refractivity contribution in [3.63, 3.8) is 0 Å². The highest BCUT2D eigenvalue weighted by atomic mass is 16.3. The maximum absolute atomic E-state index is 8.59. The molecule has 0 radical (unpaired) electrons. The third-order valence-electron chi connectivity index (χ3n) is 2.72. The van der Waals surface area contributed by atoms with E-state index in [0.717, 1.165) is 6.42 Å². The van der Waals surface area contributed by atoms with Crippen molar-refractivity contribution >= 4 is 0 Å². The number of hydrogen-bond acceptors (Lipinski definition) is 5. The molecule has 0 rings (SSSR count). The summed E-state index contributed by atoms with van der Waals surface area (Å²) in [5.41, 5.74) is 0.431. The predicted molar refractivity (Wildman–Crippen MR) is 155 cm³/mol. The van der Waals surface area contributed by atoms with Crippen molar-refractivity contribution in [2.45, 2.75) is 139 Å². The minimum atomic E-state index is -0.306. The van der Waals surface area contributed by atoms with Gasteiger partial charge in [-0.05, 0) is 36.5 Å². The molecule has 0 unspecified atom stereocenters. The highest BCUT2D eigenvalue weighted by Crippen LogP contribution is 2.16. The van der Waals surface area contributed by atoms with Gasteiger partial charge in [0.05, 0.1) is 13.2 Å². The van der Waals surface area contributed by atoms with Gasteiger partial charge in [-0.25, -0.2) is 0 Å². The van der Waals surface area contributed by atoms with Crippen LogP contribution in [0.25, 0.3) is 0 Å². The van der Waals surface area contributed by atoms with Crippen molar-refractivity contribution in [3.8, 4) is 0 Å². The lowest BCUT2D eigenvalue weighted by molar-refractivity contribution is 0.0857. The third-order valence-corrected chi connectivity index (χ3v) is 2.72. The van der Waals surface area contributed by atoms with Crippen molar-refractivity contribution in [2.24, 2.45) is 21.7 Å². The monoisotopic (exact) mass is 491 g/mol. The third kappa shape index (κ3) is 129. The molecular weight excluding hydrogens is 416 g/mol. The molecule has 0 spiro atoms. The number of hydrogen-bond donors (Lipinski definition) is 5. The van der Waals surface area contributed by atoms with Gasteiger partial charge >= 0.3 is 0 Å². The second-order valence-electron chi connectivity index (χ2n) is 12.0. The van der Waals surface area contributed by atoms with E-state index in [4.69, 9.17) is 25.5 Å². The Balaban J connectivity index is -0.0000000306. The molecule has 0 amide bonds. The average molecular weight is 491 g/mol. The molecule has 0 aliphatic heterocycles. The fraction of sp³-hybridized carbons (Fsp3) is 1.00. The van der Waals surface area contributed by atoms with Gasteiger partial charge in [-0.2, -0.15) is 0 Å². The van der Waals surface area contributed by atoms with Crippen LogP contribution in [0.3, 0.4) is 0 Å². The van der Waals surface area contributed by atoms with Crippen LogP contribution in [0.4, 0.5) is 0 Å². The maximum Gasteiger partial charge on any atom is 0.0504 e. The second-order valence-corrected chi connectivity index (χ2v) is 12.0. The van der Waals surface area contributed by atoms with E-state index in [1.54, 1.807) is 27.7 Å². The quantitative estimate of drug-likeness (QED) is 0.282. The Morgan fingerprint density at radius 2 is 0.667 bits per heavy atom. The smallest absolute Gasteiger partial charge is 0.0504 e. The fourth-order valence-electron chi connectivity index (χ4n) is 0.162. The summed E-state index contributed by atoms with van der Waals surface area (Å²) in [6.45, 7) is 28.6. The van der Waals surface area contributed by atoms with Gasteiger partial charge in [0.15, 0.2) is 0 Å². The topological polar surface area (TPSA) is 101 Å². The van der Waals surface area contributed by atoms with Crippen LogP contribution < -0.4 is 0 Å². The molecule has 0 aromatic carbocycles. The fourth-order valence-corrected chi connectivity index (χ4v) is 0.162. The van der Waals surface area contributed by atoms with E-state index in [9.17, 15) is 0 Å². The Bertz CT molecular complexity index is 274. The van der Waals surface area contributed by atoms with Gasteiger partial charge in [0.2, 0.25) is 0 Å². The van der Waals surface area contributed by atoms with Crippen molar-refractivity contribution in [1.82, 2.24) is 0 Å². The first-order valence-corrected chi connectivity index (χ1v) is 10.7. The van der Waals surface area contributed by atoms with E-state index < -0.39 is 0 Å². The largest absolute Gasteiger partial charge is 0.396 e. The van der Waals surface area contributed by atoms with Crippen molar-refractivity contribution in [2.75, 3.05) is 26.4 Å². The van der Waals surface area contributed by atoms with Crippen LogP contribution in [0.1, 0.15) is 133 Å². The average Bonchev–Trinajstić information content (AvgIpc) is 2.53. The lowest BCUT2D eigenvalue weighted by atomic mass is 9.92. The molecule has 0 atom stereocenters. The predicted octanol–water partition coefficient (Wildman–Crippen LogP) is 7.42. The van der Waals surface area contributed by atoms with Gasteiger partial charge in [0, 0.05) is 24.7 Å². The summed E-state index contributed by atoms with van der Waals surface area (Å²) >= 11 is 0. The van der Waals surface area contributed by atoms with E-state index in [-0.39, 0.29) is 71.9 Å². The molecular formula is C28H74O5. The molecule has 0 aromatic heterocycles. The molecule has 0 aliphatic carbocycles. The summed E-state index contributed by atoms with van der Waals surface area (Å²) in [7, 11) is 0. The highest BCUT2D eigenvalue weighted by Gasteiger charge is 2.13. The molecule has 0 aromatic rings. The zero-order valence-corrected chi connectivity index (χ0v) is 22.3. The molecule has 0 saturated carbocycles. The second kappa shape index (κ2) is 29.8. The van der Waals surface area contributed by atoms with E-state index in [1.165, 1.54) is 0 Å². The maximum atomic E-state index is 8.59. The Labute approximate surface area is 213 Å². The summed E-state index contributed by atoms with van der Waals surface area (Å²) in [4.78, 5) is 0. The lowest BCUT2D eigenvalue weighted by Gasteiger charge is -2.17. The number of rotatable bonds is 4. The molecule has 5 N–H and O–H groups in total. The van der Waals surface area contributed by atoms with Gasteiger partial charge in [0.25, 0.3) is 0 Å². The van der Waals surface area contributed by atoms with E-state index in [2.05, 4.69) is 34.6 Å². The molecule has 0 heterocycles. The Hall–Kier alpha value is -0.200.